The summed E-state index contributed by atoms with van der Waals surface area (Å²) in [4.78, 5) is 12.5. The molecule has 0 saturated carbocycles. The maximum absolute atomic E-state index is 12.5. The molecule has 0 fully saturated rings. The molecule has 0 N–H and O–H groups in total. The van der Waals surface area contributed by atoms with Crippen molar-refractivity contribution in [3.63, 3.8) is 0 Å². The average molecular weight is 313 g/mol. The molecule has 1 aliphatic carbocycles. The second-order valence-electron chi connectivity index (χ2n) is 4.71. The first kappa shape index (κ1) is 12.4. The molecule has 2 aromatic carbocycles. The number of carbonyl (C=O) groups excluding carboxylic acids is 1. The number of hydrogen-bond donors (Lipinski definition) is 0. The Balaban J connectivity index is 2.00. The first-order valence-corrected chi connectivity index (χ1v) is 7.12. The second-order valence-corrected chi connectivity index (χ2v) is 5.63. The summed E-state index contributed by atoms with van der Waals surface area (Å²) < 4.78 is 0.959. The summed E-state index contributed by atoms with van der Waals surface area (Å²) in [5.74, 6) is 0.159. The van der Waals surface area contributed by atoms with Crippen molar-refractivity contribution >= 4 is 27.8 Å². The van der Waals surface area contributed by atoms with Crippen LogP contribution in [0.1, 0.15) is 27.9 Å². The molecule has 19 heavy (non-hydrogen) atoms. The van der Waals surface area contributed by atoms with Crippen LogP contribution in [-0.2, 0) is 6.42 Å². The van der Waals surface area contributed by atoms with Crippen molar-refractivity contribution in [2.75, 3.05) is 0 Å². The van der Waals surface area contributed by atoms with E-state index in [1.54, 1.807) is 0 Å². The summed E-state index contributed by atoms with van der Waals surface area (Å²) in [5, 5.41) is 0. The lowest BCUT2D eigenvalue weighted by atomic mass is 9.86. The van der Waals surface area contributed by atoms with Crippen LogP contribution in [0.3, 0.4) is 0 Å². The molecule has 0 spiro atoms. The summed E-state index contributed by atoms with van der Waals surface area (Å²) in [5.41, 5.74) is 3.97. The Bertz CT molecular complexity index is 656. The molecule has 2 heteroatoms. The fraction of sp³-hybridized carbons (Fsp3) is 0.118. The third kappa shape index (κ3) is 2.54. The van der Waals surface area contributed by atoms with Crippen LogP contribution in [0.15, 0.2) is 58.6 Å². The molecule has 2 aromatic rings. The number of Topliss-reactive ketones (excluding diaryl/α,β-unsaturated/α-hetero) is 1. The van der Waals surface area contributed by atoms with Gasteiger partial charge in [0.15, 0.2) is 5.78 Å². The molecule has 0 amide bonds. The Morgan fingerprint density at radius 3 is 2.58 bits per heavy atom. The molecule has 0 bridgehead atoms. The Labute approximate surface area is 121 Å². The second kappa shape index (κ2) is 5.14. The summed E-state index contributed by atoms with van der Waals surface area (Å²) in [6, 6.07) is 16.0. The van der Waals surface area contributed by atoms with E-state index in [0.29, 0.717) is 0 Å². The number of benzene rings is 2. The van der Waals surface area contributed by atoms with Crippen LogP contribution in [-0.4, -0.2) is 5.78 Å². The molecular weight excluding hydrogens is 300 g/mol. The third-order valence-corrected chi connectivity index (χ3v) is 3.91. The molecule has 1 nitrogen and oxygen atoms in total. The van der Waals surface area contributed by atoms with E-state index in [1.165, 1.54) is 0 Å². The van der Waals surface area contributed by atoms with Gasteiger partial charge in [0.25, 0.3) is 0 Å². The van der Waals surface area contributed by atoms with Gasteiger partial charge < -0.3 is 0 Å². The minimum absolute atomic E-state index is 0.159. The number of rotatable bonds is 1. The van der Waals surface area contributed by atoms with Gasteiger partial charge in [0.2, 0.25) is 0 Å². The van der Waals surface area contributed by atoms with Crippen molar-refractivity contribution in [3.8, 4) is 0 Å². The highest BCUT2D eigenvalue weighted by Crippen LogP contribution is 2.28. The molecule has 0 unspecified atom stereocenters. The Morgan fingerprint density at radius 1 is 1.00 bits per heavy atom. The van der Waals surface area contributed by atoms with Crippen molar-refractivity contribution < 1.29 is 4.79 Å². The SMILES string of the molecule is O=C1C(=Cc2ccccc2)CCc2ccc(Br)cc21. The van der Waals surface area contributed by atoms with E-state index in [9.17, 15) is 4.79 Å². The van der Waals surface area contributed by atoms with Crippen molar-refractivity contribution in [1.29, 1.82) is 0 Å². The first-order chi connectivity index (χ1) is 9.24. The maximum Gasteiger partial charge on any atom is 0.189 e. The van der Waals surface area contributed by atoms with E-state index < -0.39 is 0 Å². The maximum atomic E-state index is 12.5. The van der Waals surface area contributed by atoms with E-state index in [-0.39, 0.29) is 5.78 Å². The number of ketones is 1. The summed E-state index contributed by atoms with van der Waals surface area (Å²) in [6.45, 7) is 0. The van der Waals surface area contributed by atoms with E-state index >= 15 is 0 Å². The predicted octanol–water partition coefficient (Wildman–Crippen LogP) is 4.66. The molecule has 0 saturated heterocycles. The van der Waals surface area contributed by atoms with Crippen LogP contribution in [0.4, 0.5) is 0 Å². The highest BCUT2D eigenvalue weighted by Gasteiger charge is 2.21. The molecule has 0 atom stereocenters. The highest BCUT2D eigenvalue weighted by molar-refractivity contribution is 9.10. The molecule has 0 aromatic heterocycles. The lowest BCUT2D eigenvalue weighted by Crippen LogP contribution is -2.14. The molecule has 94 valence electrons. The van der Waals surface area contributed by atoms with E-state index in [1.807, 2.05) is 54.6 Å². The van der Waals surface area contributed by atoms with Crippen molar-refractivity contribution in [3.05, 3.63) is 75.3 Å². The highest BCUT2D eigenvalue weighted by atomic mass is 79.9. The van der Waals surface area contributed by atoms with E-state index in [2.05, 4.69) is 15.9 Å². The molecule has 0 aliphatic heterocycles. The zero-order valence-corrected chi connectivity index (χ0v) is 12.0. The fourth-order valence-corrected chi connectivity index (χ4v) is 2.78. The van der Waals surface area contributed by atoms with Crippen LogP contribution in [0, 0.1) is 0 Å². The molecule has 1 aliphatic rings. The van der Waals surface area contributed by atoms with Gasteiger partial charge in [-0.25, -0.2) is 0 Å². The monoisotopic (exact) mass is 312 g/mol. The van der Waals surface area contributed by atoms with Gasteiger partial charge in [-0.1, -0.05) is 52.3 Å². The zero-order valence-electron chi connectivity index (χ0n) is 10.4. The van der Waals surface area contributed by atoms with Crippen LogP contribution in [0.5, 0.6) is 0 Å². The standard InChI is InChI=1S/C17H13BrO/c18-15-9-8-13-6-7-14(17(19)16(13)11-15)10-12-4-2-1-3-5-12/h1-5,8-11H,6-7H2. The number of hydrogen-bond acceptors (Lipinski definition) is 1. The van der Waals surface area contributed by atoms with E-state index in [0.717, 1.165) is 39.6 Å². The summed E-state index contributed by atoms with van der Waals surface area (Å²) in [6.07, 6.45) is 3.77. The normalized spacial score (nSPS) is 16.5. The topological polar surface area (TPSA) is 17.1 Å². The predicted molar refractivity (Wildman–Crippen MR) is 81.2 cm³/mol. The van der Waals surface area contributed by atoms with Crippen molar-refractivity contribution in [1.82, 2.24) is 0 Å². The lowest BCUT2D eigenvalue weighted by Gasteiger charge is -2.17. The van der Waals surface area contributed by atoms with Gasteiger partial charge in [-0.05, 0) is 42.2 Å². The number of carbonyl (C=O) groups is 1. The van der Waals surface area contributed by atoms with Crippen molar-refractivity contribution in [2.45, 2.75) is 12.8 Å². The Kier molecular flexibility index (Phi) is 3.34. The molecule has 3 rings (SSSR count). The van der Waals surface area contributed by atoms with Gasteiger partial charge in [0, 0.05) is 15.6 Å². The Morgan fingerprint density at radius 2 is 1.79 bits per heavy atom. The first-order valence-electron chi connectivity index (χ1n) is 6.33. The third-order valence-electron chi connectivity index (χ3n) is 3.41. The van der Waals surface area contributed by atoms with Gasteiger partial charge in [0.05, 0.1) is 0 Å². The van der Waals surface area contributed by atoms with Crippen LogP contribution >= 0.6 is 15.9 Å². The Hall–Kier alpha value is -1.67. The van der Waals surface area contributed by atoms with Crippen LogP contribution < -0.4 is 0 Å². The number of aryl methyl sites for hydroxylation is 1. The number of halogens is 1. The van der Waals surface area contributed by atoms with Crippen molar-refractivity contribution in [2.24, 2.45) is 0 Å². The largest absolute Gasteiger partial charge is 0.289 e. The number of fused-ring (bicyclic) bond motifs is 1. The lowest BCUT2D eigenvalue weighted by molar-refractivity contribution is 0.102. The molecular formula is C17H13BrO. The van der Waals surface area contributed by atoms with E-state index in [4.69, 9.17) is 0 Å². The molecule has 0 radical (unpaired) electrons. The minimum Gasteiger partial charge on any atom is -0.289 e. The van der Waals surface area contributed by atoms with Crippen LogP contribution in [0.25, 0.3) is 6.08 Å². The molecule has 0 heterocycles. The van der Waals surface area contributed by atoms with Gasteiger partial charge in [0.1, 0.15) is 0 Å². The van der Waals surface area contributed by atoms with Crippen LogP contribution in [0.2, 0.25) is 0 Å². The quantitative estimate of drug-likeness (QED) is 0.700. The smallest absolute Gasteiger partial charge is 0.189 e. The van der Waals surface area contributed by atoms with Gasteiger partial charge in [-0.2, -0.15) is 0 Å². The summed E-state index contributed by atoms with van der Waals surface area (Å²) in [7, 11) is 0. The van der Waals surface area contributed by atoms with Gasteiger partial charge in [-0.3, -0.25) is 4.79 Å². The minimum atomic E-state index is 0.159. The summed E-state index contributed by atoms with van der Waals surface area (Å²) >= 11 is 3.43. The number of allylic oxidation sites excluding steroid dienone is 1. The van der Waals surface area contributed by atoms with Gasteiger partial charge >= 0.3 is 0 Å². The fourth-order valence-electron chi connectivity index (χ4n) is 2.42. The zero-order chi connectivity index (χ0) is 13.2. The average Bonchev–Trinajstić information content (AvgIpc) is 2.44. The van der Waals surface area contributed by atoms with Gasteiger partial charge in [-0.15, -0.1) is 0 Å².